The molecule has 5 aromatic rings. The molecule has 0 radical (unpaired) electrons. The van der Waals surface area contributed by atoms with Crippen molar-refractivity contribution in [2.45, 2.75) is 6.42 Å². The molecule has 0 spiro atoms. The quantitative estimate of drug-likeness (QED) is 0.339. The van der Waals surface area contributed by atoms with Crippen molar-refractivity contribution in [3.63, 3.8) is 0 Å². The molecule has 0 fully saturated rings. The highest BCUT2D eigenvalue weighted by Gasteiger charge is 2.12. The van der Waals surface area contributed by atoms with Gasteiger partial charge in [0.15, 0.2) is 5.13 Å². The molecule has 0 aliphatic heterocycles. The number of amides is 1. The van der Waals surface area contributed by atoms with Gasteiger partial charge in [-0.15, -0.1) is 11.3 Å². The standard InChI is InChI=1S/C27H20N2OS/c30-26(22-15-13-20(14-16-22)17-19-7-2-1-3-8-19)29-27-28-25(18-31-27)24-12-6-10-21-9-4-5-11-23(21)24/h1-16,18H,17H2,(H,28,29,30). The summed E-state index contributed by atoms with van der Waals surface area (Å²) >= 11 is 1.44. The predicted molar refractivity (Wildman–Crippen MR) is 129 cm³/mol. The number of hydrogen-bond donors (Lipinski definition) is 1. The van der Waals surface area contributed by atoms with E-state index in [0.29, 0.717) is 10.7 Å². The molecule has 4 heteroatoms. The number of nitrogens with zero attached hydrogens (tertiary/aromatic N) is 1. The van der Waals surface area contributed by atoms with E-state index >= 15 is 0 Å². The summed E-state index contributed by atoms with van der Waals surface area (Å²) in [6.45, 7) is 0. The number of anilines is 1. The fourth-order valence-electron chi connectivity index (χ4n) is 3.68. The maximum absolute atomic E-state index is 12.7. The first-order chi connectivity index (χ1) is 15.3. The molecule has 0 bridgehead atoms. The van der Waals surface area contributed by atoms with Gasteiger partial charge in [-0.05, 0) is 40.5 Å². The first-order valence-electron chi connectivity index (χ1n) is 10.1. The van der Waals surface area contributed by atoms with Crippen LogP contribution in [0.2, 0.25) is 0 Å². The minimum Gasteiger partial charge on any atom is -0.298 e. The van der Waals surface area contributed by atoms with E-state index < -0.39 is 0 Å². The van der Waals surface area contributed by atoms with E-state index in [1.165, 1.54) is 27.8 Å². The van der Waals surface area contributed by atoms with Gasteiger partial charge in [0.25, 0.3) is 5.91 Å². The van der Waals surface area contributed by atoms with Gasteiger partial charge in [0.2, 0.25) is 0 Å². The van der Waals surface area contributed by atoms with Crippen LogP contribution in [0.25, 0.3) is 22.0 Å². The average Bonchev–Trinajstić information content (AvgIpc) is 3.28. The summed E-state index contributed by atoms with van der Waals surface area (Å²) in [4.78, 5) is 17.4. The Balaban J connectivity index is 1.30. The highest BCUT2D eigenvalue weighted by Crippen LogP contribution is 2.31. The number of carbonyl (C=O) groups is 1. The van der Waals surface area contributed by atoms with E-state index in [4.69, 9.17) is 0 Å². The maximum Gasteiger partial charge on any atom is 0.257 e. The average molecular weight is 421 g/mol. The topological polar surface area (TPSA) is 42.0 Å². The van der Waals surface area contributed by atoms with Crippen molar-refractivity contribution < 1.29 is 4.79 Å². The molecule has 0 unspecified atom stereocenters. The van der Waals surface area contributed by atoms with Crippen LogP contribution in [0.4, 0.5) is 5.13 Å². The molecule has 1 N–H and O–H groups in total. The van der Waals surface area contributed by atoms with Crippen LogP contribution in [-0.4, -0.2) is 10.9 Å². The lowest BCUT2D eigenvalue weighted by atomic mass is 10.0. The molecule has 0 saturated heterocycles. The molecule has 1 aromatic heterocycles. The van der Waals surface area contributed by atoms with E-state index in [1.54, 1.807) is 0 Å². The summed E-state index contributed by atoms with van der Waals surface area (Å²) in [5.74, 6) is -0.148. The molecule has 3 nitrogen and oxygen atoms in total. The lowest BCUT2D eigenvalue weighted by Crippen LogP contribution is -2.11. The van der Waals surface area contributed by atoms with Crippen molar-refractivity contribution in [3.05, 3.63) is 119 Å². The third-order valence-electron chi connectivity index (χ3n) is 5.26. The summed E-state index contributed by atoms with van der Waals surface area (Å²) in [7, 11) is 0. The third kappa shape index (κ3) is 4.25. The molecular formula is C27H20N2OS. The number of hydrogen-bond acceptors (Lipinski definition) is 3. The van der Waals surface area contributed by atoms with Gasteiger partial charge >= 0.3 is 0 Å². The summed E-state index contributed by atoms with van der Waals surface area (Å²) in [6.07, 6.45) is 0.851. The van der Waals surface area contributed by atoms with Gasteiger partial charge in [-0.3, -0.25) is 10.1 Å². The van der Waals surface area contributed by atoms with Crippen molar-refractivity contribution in [2.75, 3.05) is 5.32 Å². The third-order valence-corrected chi connectivity index (χ3v) is 6.02. The van der Waals surface area contributed by atoms with Gasteiger partial charge in [-0.2, -0.15) is 0 Å². The number of fused-ring (bicyclic) bond motifs is 1. The Morgan fingerprint density at radius 2 is 1.48 bits per heavy atom. The van der Waals surface area contributed by atoms with Gasteiger partial charge in [-0.1, -0.05) is 84.9 Å². The molecule has 0 saturated carbocycles. The number of carbonyl (C=O) groups excluding carboxylic acids is 1. The van der Waals surface area contributed by atoms with E-state index in [2.05, 4.69) is 46.7 Å². The summed E-state index contributed by atoms with van der Waals surface area (Å²) in [6, 6.07) is 32.5. The fourth-order valence-corrected chi connectivity index (χ4v) is 4.38. The lowest BCUT2D eigenvalue weighted by molar-refractivity contribution is 0.102. The van der Waals surface area contributed by atoms with Crippen LogP contribution in [0.1, 0.15) is 21.5 Å². The van der Waals surface area contributed by atoms with Gasteiger partial charge in [-0.25, -0.2) is 4.98 Å². The summed E-state index contributed by atoms with van der Waals surface area (Å²) in [5, 5.41) is 7.85. The zero-order chi connectivity index (χ0) is 21.0. The first kappa shape index (κ1) is 19.2. The van der Waals surface area contributed by atoms with Gasteiger partial charge < -0.3 is 0 Å². The van der Waals surface area contributed by atoms with Crippen molar-refractivity contribution in [3.8, 4) is 11.3 Å². The molecule has 4 aromatic carbocycles. The van der Waals surface area contributed by atoms with E-state index in [0.717, 1.165) is 23.1 Å². The minimum absolute atomic E-state index is 0.148. The molecule has 0 atom stereocenters. The van der Waals surface area contributed by atoms with Crippen molar-refractivity contribution in [1.29, 1.82) is 0 Å². The van der Waals surface area contributed by atoms with E-state index in [-0.39, 0.29) is 5.91 Å². The molecule has 150 valence electrons. The molecule has 1 heterocycles. The Labute approximate surface area is 185 Å². The molecule has 31 heavy (non-hydrogen) atoms. The molecular weight excluding hydrogens is 400 g/mol. The zero-order valence-corrected chi connectivity index (χ0v) is 17.6. The molecule has 0 aliphatic carbocycles. The number of thiazole rings is 1. The zero-order valence-electron chi connectivity index (χ0n) is 16.8. The van der Waals surface area contributed by atoms with Crippen molar-refractivity contribution in [2.24, 2.45) is 0 Å². The van der Waals surface area contributed by atoms with Crippen LogP contribution in [0.3, 0.4) is 0 Å². The Morgan fingerprint density at radius 3 is 2.32 bits per heavy atom. The second-order valence-corrected chi connectivity index (χ2v) is 8.24. The summed E-state index contributed by atoms with van der Waals surface area (Å²) < 4.78 is 0. The van der Waals surface area contributed by atoms with Crippen LogP contribution in [0, 0.1) is 0 Å². The van der Waals surface area contributed by atoms with Gasteiger partial charge in [0.05, 0.1) is 5.69 Å². The Morgan fingerprint density at radius 1 is 0.774 bits per heavy atom. The van der Waals surface area contributed by atoms with Crippen molar-refractivity contribution in [1.82, 2.24) is 4.98 Å². The number of rotatable bonds is 5. The Hall–Kier alpha value is -3.76. The van der Waals surface area contributed by atoms with Crippen LogP contribution in [0.15, 0.2) is 102 Å². The highest BCUT2D eigenvalue weighted by molar-refractivity contribution is 7.14. The molecule has 0 aliphatic rings. The SMILES string of the molecule is O=C(Nc1nc(-c2cccc3ccccc23)cs1)c1ccc(Cc2ccccc2)cc1. The van der Waals surface area contributed by atoms with Crippen LogP contribution in [-0.2, 0) is 6.42 Å². The molecule has 1 amide bonds. The largest absolute Gasteiger partial charge is 0.298 e. The number of nitrogens with one attached hydrogen (secondary N) is 1. The second kappa shape index (κ2) is 8.54. The van der Waals surface area contributed by atoms with Gasteiger partial charge in [0.1, 0.15) is 0 Å². The first-order valence-corrected chi connectivity index (χ1v) is 11.0. The Bertz CT molecular complexity index is 1340. The summed E-state index contributed by atoms with van der Waals surface area (Å²) in [5.41, 5.74) is 4.99. The smallest absolute Gasteiger partial charge is 0.257 e. The number of benzene rings is 4. The lowest BCUT2D eigenvalue weighted by Gasteiger charge is -2.05. The monoisotopic (exact) mass is 420 g/mol. The van der Waals surface area contributed by atoms with Gasteiger partial charge in [0, 0.05) is 16.5 Å². The van der Waals surface area contributed by atoms with Crippen LogP contribution >= 0.6 is 11.3 Å². The molecule has 5 rings (SSSR count). The van der Waals surface area contributed by atoms with E-state index in [1.807, 2.05) is 66.0 Å². The van der Waals surface area contributed by atoms with Crippen LogP contribution in [0.5, 0.6) is 0 Å². The Kier molecular flexibility index (Phi) is 5.29. The normalized spacial score (nSPS) is 10.8. The van der Waals surface area contributed by atoms with Crippen molar-refractivity contribution >= 4 is 33.1 Å². The van der Waals surface area contributed by atoms with E-state index in [9.17, 15) is 4.79 Å². The second-order valence-electron chi connectivity index (χ2n) is 7.38. The maximum atomic E-state index is 12.7. The number of aromatic nitrogens is 1. The highest BCUT2D eigenvalue weighted by atomic mass is 32.1. The fraction of sp³-hybridized carbons (Fsp3) is 0.0370. The minimum atomic E-state index is -0.148. The van der Waals surface area contributed by atoms with Crippen LogP contribution < -0.4 is 5.32 Å². The predicted octanol–water partition coefficient (Wildman–Crippen LogP) is 6.81.